The van der Waals surface area contributed by atoms with E-state index in [0.29, 0.717) is 47.7 Å². The van der Waals surface area contributed by atoms with E-state index < -0.39 is 5.60 Å². The Kier molecular flexibility index (Phi) is 5.06. The van der Waals surface area contributed by atoms with Gasteiger partial charge in [0.25, 0.3) is 11.6 Å². The van der Waals surface area contributed by atoms with Crippen LogP contribution in [0.2, 0.25) is 0 Å². The number of hydrogen-bond donors (Lipinski definition) is 0. The minimum atomic E-state index is -0.459. The Morgan fingerprint density at radius 3 is 2.72 bits per heavy atom. The molecule has 3 unspecified atom stereocenters. The van der Waals surface area contributed by atoms with Gasteiger partial charge in [-0.15, -0.1) is 0 Å². The summed E-state index contributed by atoms with van der Waals surface area (Å²) in [5.74, 6) is -0.0525. The molecular weight excluding hydrogens is 406 g/mol. The number of fused-ring (bicyclic) bond motifs is 1. The van der Waals surface area contributed by atoms with Gasteiger partial charge in [-0.1, -0.05) is 28.9 Å². The molecule has 2 aliphatic heterocycles. The van der Waals surface area contributed by atoms with Crippen molar-refractivity contribution in [2.75, 3.05) is 19.7 Å². The zero-order valence-corrected chi connectivity index (χ0v) is 19.3. The molecule has 2 fully saturated rings. The summed E-state index contributed by atoms with van der Waals surface area (Å²) in [6.07, 6.45) is 0.659. The number of ether oxygens (including phenoxy) is 2. The van der Waals surface area contributed by atoms with Crippen molar-refractivity contribution in [3.8, 4) is 11.3 Å². The van der Waals surface area contributed by atoms with Crippen LogP contribution in [0.4, 0.5) is 0 Å². The Labute approximate surface area is 187 Å². The van der Waals surface area contributed by atoms with Crippen molar-refractivity contribution in [1.82, 2.24) is 15.0 Å². The Hall–Kier alpha value is -2.77. The Balaban J connectivity index is 1.59. The van der Waals surface area contributed by atoms with Crippen LogP contribution in [0.15, 0.2) is 28.8 Å². The predicted molar refractivity (Wildman–Crippen MR) is 121 cm³/mol. The molecule has 1 amide bonds. The summed E-state index contributed by atoms with van der Waals surface area (Å²) in [7, 11) is 0. The molecule has 5 rings (SSSR count). The van der Waals surface area contributed by atoms with E-state index in [2.05, 4.69) is 31.1 Å². The highest BCUT2D eigenvalue weighted by Crippen LogP contribution is 2.36. The molecule has 3 aromatic rings. The van der Waals surface area contributed by atoms with E-state index in [1.165, 1.54) is 5.56 Å². The second kappa shape index (κ2) is 7.67. The van der Waals surface area contributed by atoms with E-state index >= 15 is 0 Å². The van der Waals surface area contributed by atoms with Crippen LogP contribution in [-0.4, -0.2) is 58.5 Å². The molecular formula is C25H29N3O4. The average molecular weight is 436 g/mol. The van der Waals surface area contributed by atoms with Crippen LogP contribution in [0.5, 0.6) is 0 Å². The van der Waals surface area contributed by atoms with Gasteiger partial charge in [-0.3, -0.25) is 4.79 Å². The highest BCUT2D eigenvalue weighted by Gasteiger charge is 2.49. The summed E-state index contributed by atoms with van der Waals surface area (Å²) in [4.78, 5) is 20.5. The minimum Gasteiger partial charge on any atom is -0.375 e. The Morgan fingerprint density at radius 2 is 2.00 bits per heavy atom. The average Bonchev–Trinajstić information content (AvgIpc) is 3.29. The van der Waals surface area contributed by atoms with E-state index in [0.717, 1.165) is 17.5 Å². The lowest BCUT2D eigenvalue weighted by molar-refractivity contribution is -0.160. The fourth-order valence-corrected chi connectivity index (χ4v) is 5.13. The van der Waals surface area contributed by atoms with Gasteiger partial charge in [-0.05, 0) is 46.2 Å². The molecule has 2 aromatic heterocycles. The number of aromatic nitrogens is 2. The lowest BCUT2D eigenvalue weighted by atomic mass is 9.92. The summed E-state index contributed by atoms with van der Waals surface area (Å²) >= 11 is 0. The smallest absolute Gasteiger partial charge is 0.259 e. The molecule has 0 saturated carbocycles. The molecule has 1 aromatic carbocycles. The van der Waals surface area contributed by atoms with E-state index in [4.69, 9.17) is 19.0 Å². The molecule has 4 heterocycles. The number of carbonyl (C=O) groups is 1. The molecule has 32 heavy (non-hydrogen) atoms. The van der Waals surface area contributed by atoms with Gasteiger partial charge in [0.1, 0.15) is 5.60 Å². The van der Waals surface area contributed by atoms with Crippen LogP contribution in [0.1, 0.15) is 47.4 Å². The van der Waals surface area contributed by atoms with Gasteiger partial charge < -0.3 is 18.9 Å². The Bertz CT molecular complexity index is 1200. The zero-order chi connectivity index (χ0) is 22.6. The number of benzene rings is 1. The van der Waals surface area contributed by atoms with Crippen molar-refractivity contribution in [3.63, 3.8) is 0 Å². The highest BCUT2D eigenvalue weighted by atomic mass is 16.6. The van der Waals surface area contributed by atoms with Gasteiger partial charge in [0.15, 0.2) is 0 Å². The first-order valence-corrected chi connectivity index (χ1v) is 11.2. The fraction of sp³-hybridized carbons (Fsp3) is 0.480. The number of hydrogen-bond acceptors (Lipinski definition) is 6. The van der Waals surface area contributed by atoms with E-state index in [1.54, 1.807) is 0 Å². The van der Waals surface area contributed by atoms with Gasteiger partial charge in [0, 0.05) is 25.1 Å². The van der Waals surface area contributed by atoms with Crippen molar-refractivity contribution < 1.29 is 18.8 Å². The first kappa shape index (κ1) is 21.1. The number of nitrogens with zero attached hydrogens (tertiary/aromatic N) is 3. The largest absolute Gasteiger partial charge is 0.375 e. The quantitative estimate of drug-likeness (QED) is 0.600. The molecule has 0 aliphatic carbocycles. The maximum atomic E-state index is 13.9. The van der Waals surface area contributed by atoms with Crippen LogP contribution in [-0.2, 0) is 9.47 Å². The molecule has 0 bridgehead atoms. The number of amides is 1. The second-order valence-electron chi connectivity index (χ2n) is 9.26. The van der Waals surface area contributed by atoms with Crippen molar-refractivity contribution in [2.45, 2.75) is 58.8 Å². The van der Waals surface area contributed by atoms with Gasteiger partial charge in [-0.2, -0.15) is 0 Å². The summed E-state index contributed by atoms with van der Waals surface area (Å²) in [5, 5.41) is 4.77. The monoisotopic (exact) mass is 435 g/mol. The molecule has 3 atom stereocenters. The topological polar surface area (TPSA) is 77.7 Å². The molecule has 7 nitrogen and oxygen atoms in total. The molecule has 0 N–H and O–H groups in total. The van der Waals surface area contributed by atoms with Crippen LogP contribution >= 0.6 is 0 Å². The molecule has 0 radical (unpaired) electrons. The third-order valence-corrected chi connectivity index (χ3v) is 6.80. The molecule has 2 saturated heterocycles. The van der Waals surface area contributed by atoms with Gasteiger partial charge in [0.05, 0.1) is 41.1 Å². The van der Waals surface area contributed by atoms with Crippen molar-refractivity contribution in [2.24, 2.45) is 0 Å². The van der Waals surface area contributed by atoms with Crippen LogP contribution in [0.25, 0.3) is 22.4 Å². The van der Waals surface area contributed by atoms with Gasteiger partial charge >= 0.3 is 0 Å². The molecule has 168 valence electrons. The highest BCUT2D eigenvalue weighted by molar-refractivity contribution is 6.07. The van der Waals surface area contributed by atoms with E-state index in [1.807, 2.05) is 37.8 Å². The first-order valence-electron chi connectivity index (χ1n) is 11.2. The third kappa shape index (κ3) is 3.40. The van der Waals surface area contributed by atoms with Crippen LogP contribution < -0.4 is 0 Å². The molecule has 7 heteroatoms. The fourth-order valence-electron chi connectivity index (χ4n) is 5.13. The van der Waals surface area contributed by atoms with Gasteiger partial charge in [-0.25, -0.2) is 4.98 Å². The molecule has 1 spiro atoms. The van der Waals surface area contributed by atoms with Crippen molar-refractivity contribution in [3.05, 3.63) is 46.6 Å². The third-order valence-electron chi connectivity index (χ3n) is 6.80. The van der Waals surface area contributed by atoms with E-state index in [9.17, 15) is 4.79 Å². The summed E-state index contributed by atoms with van der Waals surface area (Å²) in [6, 6.07) is 8.09. The number of rotatable bonds is 2. The van der Waals surface area contributed by atoms with Crippen molar-refractivity contribution in [1.29, 1.82) is 0 Å². The number of aryl methyl sites for hydroxylation is 3. The normalized spacial score (nSPS) is 25.7. The lowest BCUT2D eigenvalue weighted by Crippen LogP contribution is -2.59. The Morgan fingerprint density at radius 1 is 1.19 bits per heavy atom. The summed E-state index contributed by atoms with van der Waals surface area (Å²) in [6.45, 7) is 11.7. The number of morpholine rings is 1. The maximum absolute atomic E-state index is 13.9. The van der Waals surface area contributed by atoms with Crippen molar-refractivity contribution >= 4 is 17.0 Å². The minimum absolute atomic E-state index is 0.0525. The number of carbonyl (C=O) groups excluding carboxylic acids is 1. The predicted octanol–water partition coefficient (Wildman–Crippen LogP) is 4.22. The standard InChI is InChI=1S/C25H29N3O4/c1-14-6-7-19(15(2)10-14)21-11-20(22-17(4)27-32-23(22)26-21)24(29)28-12-16(3)31-25(13-28)8-9-30-18(25)5/h6-7,10-11,16,18H,8-9,12-13H2,1-5H3. The summed E-state index contributed by atoms with van der Waals surface area (Å²) in [5.41, 5.74) is 5.13. The first-order chi connectivity index (χ1) is 15.3. The zero-order valence-electron chi connectivity index (χ0n) is 19.3. The second-order valence-corrected chi connectivity index (χ2v) is 9.26. The lowest BCUT2D eigenvalue weighted by Gasteiger charge is -2.45. The van der Waals surface area contributed by atoms with Crippen LogP contribution in [0, 0.1) is 20.8 Å². The number of pyridine rings is 1. The summed E-state index contributed by atoms with van der Waals surface area (Å²) < 4.78 is 17.6. The van der Waals surface area contributed by atoms with Crippen LogP contribution in [0.3, 0.4) is 0 Å². The van der Waals surface area contributed by atoms with E-state index in [-0.39, 0.29) is 18.1 Å². The maximum Gasteiger partial charge on any atom is 0.259 e. The molecule has 2 aliphatic rings. The SMILES string of the molecule is Cc1ccc(-c2cc(C(=O)N3CC(C)OC4(CCOC4C)C3)c3c(C)noc3n2)c(C)c1. The van der Waals surface area contributed by atoms with Gasteiger partial charge in [0.2, 0.25) is 0 Å².